The van der Waals surface area contributed by atoms with E-state index < -0.39 is 0 Å². The molecule has 1 aromatic heterocycles. The van der Waals surface area contributed by atoms with Gasteiger partial charge in [-0.05, 0) is 51.2 Å². The molecule has 4 rings (SSSR count). The van der Waals surface area contributed by atoms with E-state index in [9.17, 15) is 0 Å². The molecule has 2 fully saturated rings. The molecule has 1 N–H and O–H groups in total. The Kier molecular flexibility index (Phi) is 4.14. The van der Waals surface area contributed by atoms with Crippen LogP contribution in [0.3, 0.4) is 0 Å². The molecule has 23 heavy (non-hydrogen) atoms. The second-order valence-corrected chi connectivity index (χ2v) is 6.77. The molecule has 2 aliphatic heterocycles. The van der Waals surface area contributed by atoms with E-state index in [0.717, 1.165) is 44.8 Å². The van der Waals surface area contributed by atoms with Crippen molar-refractivity contribution >= 4 is 16.6 Å². The zero-order chi connectivity index (χ0) is 15.6. The Balaban J connectivity index is 1.69. The summed E-state index contributed by atoms with van der Waals surface area (Å²) in [6.07, 6.45) is 4.07. The van der Waals surface area contributed by atoms with Crippen molar-refractivity contribution in [2.45, 2.75) is 18.8 Å². The molecule has 3 heterocycles. The van der Waals surface area contributed by atoms with Crippen LogP contribution < -0.4 is 10.2 Å². The lowest BCUT2D eigenvalue weighted by molar-refractivity contribution is 0.313. The van der Waals surface area contributed by atoms with Crippen LogP contribution in [-0.2, 0) is 0 Å². The number of piperidine rings is 1. The van der Waals surface area contributed by atoms with Crippen molar-refractivity contribution in [2.24, 2.45) is 0 Å². The summed E-state index contributed by atoms with van der Waals surface area (Å²) in [6.45, 7) is 6.63. The van der Waals surface area contributed by atoms with Crippen molar-refractivity contribution in [3.05, 3.63) is 30.2 Å². The van der Waals surface area contributed by atoms with Gasteiger partial charge in [0.1, 0.15) is 6.33 Å². The first-order valence-corrected chi connectivity index (χ1v) is 8.70. The first kappa shape index (κ1) is 14.8. The van der Waals surface area contributed by atoms with Gasteiger partial charge in [0.25, 0.3) is 0 Å². The molecule has 0 amide bonds. The Morgan fingerprint density at radius 2 is 1.83 bits per heavy atom. The molecule has 0 spiro atoms. The second kappa shape index (κ2) is 6.42. The third-order valence-corrected chi connectivity index (χ3v) is 5.24. The molecule has 0 atom stereocenters. The minimum absolute atomic E-state index is 0.560. The molecule has 0 unspecified atom stereocenters. The van der Waals surface area contributed by atoms with Crippen molar-refractivity contribution in [3.8, 4) is 0 Å². The van der Waals surface area contributed by atoms with Crippen molar-refractivity contribution in [1.29, 1.82) is 0 Å². The average Bonchev–Trinajstić information content (AvgIpc) is 2.62. The number of likely N-dealkylation sites (N-methyl/N-ethyl adjacent to an activating group) is 1. The second-order valence-electron chi connectivity index (χ2n) is 6.77. The fourth-order valence-corrected chi connectivity index (χ4v) is 3.75. The molecule has 5 heteroatoms. The summed E-state index contributed by atoms with van der Waals surface area (Å²) in [5.41, 5.74) is 3.63. The average molecular weight is 311 g/mol. The zero-order valence-corrected chi connectivity index (χ0v) is 13.8. The van der Waals surface area contributed by atoms with Gasteiger partial charge in [-0.3, -0.25) is 0 Å². The summed E-state index contributed by atoms with van der Waals surface area (Å²) >= 11 is 0. The summed E-state index contributed by atoms with van der Waals surface area (Å²) < 4.78 is 0. The van der Waals surface area contributed by atoms with Gasteiger partial charge in [-0.1, -0.05) is 0 Å². The predicted octanol–water partition coefficient (Wildman–Crippen LogP) is 1.85. The Morgan fingerprint density at radius 1 is 1.04 bits per heavy atom. The molecule has 122 valence electrons. The fourth-order valence-electron chi connectivity index (χ4n) is 3.75. The topological polar surface area (TPSA) is 44.3 Å². The van der Waals surface area contributed by atoms with Gasteiger partial charge in [-0.15, -0.1) is 0 Å². The maximum absolute atomic E-state index is 4.66. The van der Waals surface area contributed by atoms with Crippen molar-refractivity contribution in [3.63, 3.8) is 0 Å². The molecular weight excluding hydrogens is 286 g/mol. The summed E-state index contributed by atoms with van der Waals surface area (Å²) in [6, 6.07) is 6.69. The lowest BCUT2D eigenvalue weighted by atomic mass is 9.92. The zero-order valence-electron chi connectivity index (χ0n) is 13.8. The van der Waals surface area contributed by atoms with E-state index in [4.69, 9.17) is 0 Å². The SMILES string of the molecule is CN1CCN(c2ccc3ncnc(C4CCNCC4)c3c2)CC1. The number of aromatic nitrogens is 2. The van der Waals surface area contributed by atoms with Crippen LogP contribution in [0.1, 0.15) is 24.5 Å². The minimum Gasteiger partial charge on any atom is -0.369 e. The summed E-state index contributed by atoms with van der Waals surface area (Å²) in [7, 11) is 2.20. The summed E-state index contributed by atoms with van der Waals surface area (Å²) in [5.74, 6) is 0.560. The minimum atomic E-state index is 0.560. The molecule has 0 bridgehead atoms. The third kappa shape index (κ3) is 3.03. The number of anilines is 1. The number of hydrogen-bond donors (Lipinski definition) is 1. The maximum atomic E-state index is 4.66. The highest BCUT2D eigenvalue weighted by atomic mass is 15.2. The van der Waals surface area contributed by atoms with E-state index in [1.54, 1.807) is 6.33 Å². The van der Waals surface area contributed by atoms with Crippen molar-refractivity contribution < 1.29 is 0 Å². The van der Waals surface area contributed by atoms with E-state index in [1.165, 1.54) is 29.6 Å². The number of hydrogen-bond acceptors (Lipinski definition) is 5. The predicted molar refractivity (Wildman–Crippen MR) is 94.1 cm³/mol. The van der Waals surface area contributed by atoms with E-state index in [2.05, 4.69) is 50.3 Å². The van der Waals surface area contributed by atoms with E-state index in [-0.39, 0.29) is 0 Å². The van der Waals surface area contributed by atoms with E-state index >= 15 is 0 Å². The summed E-state index contributed by atoms with van der Waals surface area (Å²) in [4.78, 5) is 14.0. The van der Waals surface area contributed by atoms with Crippen LogP contribution in [0.2, 0.25) is 0 Å². The van der Waals surface area contributed by atoms with E-state index in [0.29, 0.717) is 5.92 Å². The number of nitrogens with zero attached hydrogens (tertiary/aromatic N) is 4. The van der Waals surface area contributed by atoms with E-state index in [1.807, 2.05) is 0 Å². The van der Waals surface area contributed by atoms with Gasteiger partial charge >= 0.3 is 0 Å². The standard InChI is InChI=1S/C18H25N5/c1-22-8-10-23(11-9-22)15-2-3-17-16(12-15)18(21-13-20-17)14-4-6-19-7-5-14/h2-3,12-14,19H,4-11H2,1H3. The lowest BCUT2D eigenvalue weighted by Crippen LogP contribution is -2.44. The lowest BCUT2D eigenvalue weighted by Gasteiger charge is -2.34. The van der Waals surface area contributed by atoms with Crippen molar-refractivity contribution in [1.82, 2.24) is 20.2 Å². The highest BCUT2D eigenvalue weighted by molar-refractivity contribution is 5.85. The molecule has 5 nitrogen and oxygen atoms in total. The van der Waals surface area contributed by atoms with Gasteiger partial charge in [0.05, 0.1) is 11.2 Å². The number of nitrogens with one attached hydrogen (secondary N) is 1. The maximum Gasteiger partial charge on any atom is 0.116 e. The molecule has 2 saturated heterocycles. The highest BCUT2D eigenvalue weighted by Gasteiger charge is 2.20. The van der Waals surface area contributed by atoms with Crippen LogP contribution in [0.4, 0.5) is 5.69 Å². The van der Waals surface area contributed by atoms with Gasteiger partial charge in [-0.25, -0.2) is 9.97 Å². The third-order valence-electron chi connectivity index (χ3n) is 5.24. The molecule has 2 aromatic rings. The van der Waals surface area contributed by atoms with Crippen molar-refractivity contribution in [2.75, 3.05) is 51.2 Å². The van der Waals surface area contributed by atoms with Gasteiger partial charge < -0.3 is 15.1 Å². The quantitative estimate of drug-likeness (QED) is 0.917. The molecule has 1 aromatic carbocycles. The van der Waals surface area contributed by atoms with Gasteiger partial charge in [0.15, 0.2) is 0 Å². The Morgan fingerprint density at radius 3 is 2.61 bits per heavy atom. The van der Waals surface area contributed by atoms with Gasteiger partial charge in [-0.2, -0.15) is 0 Å². The largest absolute Gasteiger partial charge is 0.369 e. The van der Waals surface area contributed by atoms with Crippen LogP contribution in [0.15, 0.2) is 24.5 Å². The van der Waals surface area contributed by atoms with Crippen LogP contribution in [0.25, 0.3) is 10.9 Å². The Hall–Kier alpha value is -1.72. The smallest absolute Gasteiger partial charge is 0.116 e. The van der Waals surface area contributed by atoms with Crippen LogP contribution in [0, 0.1) is 0 Å². The summed E-state index contributed by atoms with van der Waals surface area (Å²) in [5, 5.41) is 4.69. The van der Waals surface area contributed by atoms with Gasteiger partial charge in [0, 0.05) is 43.2 Å². The highest BCUT2D eigenvalue weighted by Crippen LogP contribution is 2.31. The first-order chi connectivity index (χ1) is 11.3. The number of rotatable bonds is 2. The number of fused-ring (bicyclic) bond motifs is 1. The first-order valence-electron chi connectivity index (χ1n) is 8.70. The number of benzene rings is 1. The normalized spacial score (nSPS) is 21.0. The van der Waals surface area contributed by atoms with Crippen LogP contribution in [-0.4, -0.2) is 61.2 Å². The van der Waals surface area contributed by atoms with Crippen LogP contribution in [0.5, 0.6) is 0 Å². The Bertz CT molecular complexity index is 672. The van der Waals surface area contributed by atoms with Gasteiger partial charge in [0.2, 0.25) is 0 Å². The molecule has 0 radical (unpaired) electrons. The number of piperazine rings is 1. The monoisotopic (exact) mass is 311 g/mol. The molecular formula is C18H25N5. The molecule has 0 saturated carbocycles. The Labute approximate surface area is 137 Å². The molecule has 2 aliphatic rings. The fraction of sp³-hybridized carbons (Fsp3) is 0.556. The molecule has 0 aliphatic carbocycles. The van der Waals surface area contributed by atoms with Crippen LogP contribution >= 0.6 is 0 Å².